The van der Waals surface area contributed by atoms with Gasteiger partial charge in [-0.2, -0.15) is 22.3 Å². The quantitative estimate of drug-likeness (QED) is 0.141. The van der Waals surface area contributed by atoms with E-state index in [9.17, 15) is 9.59 Å². The van der Waals surface area contributed by atoms with E-state index in [1.165, 1.54) is 11.8 Å². The first kappa shape index (κ1) is 15.7. The van der Waals surface area contributed by atoms with Gasteiger partial charge in [0.25, 0.3) is 5.91 Å². The molecule has 0 radical (unpaired) electrons. The predicted octanol–water partition coefficient (Wildman–Crippen LogP) is 0.296. The molecule has 7 heteroatoms. The molecule has 0 aromatic carbocycles. The summed E-state index contributed by atoms with van der Waals surface area (Å²) in [6, 6.07) is 1.71. The van der Waals surface area contributed by atoms with Gasteiger partial charge in [0, 0.05) is 12.3 Å². The van der Waals surface area contributed by atoms with Crippen molar-refractivity contribution in [3.63, 3.8) is 0 Å². The second kappa shape index (κ2) is 8.81. The summed E-state index contributed by atoms with van der Waals surface area (Å²) >= 11 is 1.51. The molecule has 6 nitrogen and oxygen atoms in total. The fourth-order valence-corrected chi connectivity index (χ4v) is 1.33. The lowest BCUT2D eigenvalue weighted by Gasteiger charge is -2.04. The Balaban J connectivity index is 5.20. The van der Waals surface area contributed by atoms with Crippen molar-refractivity contribution in [2.75, 3.05) is 18.6 Å². The zero-order chi connectivity index (χ0) is 14.0. The van der Waals surface area contributed by atoms with E-state index in [2.05, 4.69) is 10.2 Å². The SMILES string of the molecule is [C-]#[N+]C(C#N)C(C#N)=C(C=O)C(=O)NCCSC. The van der Waals surface area contributed by atoms with Gasteiger partial charge in [-0.05, 0) is 6.26 Å². The summed E-state index contributed by atoms with van der Waals surface area (Å²) in [5.74, 6) is -0.0796. The van der Waals surface area contributed by atoms with Gasteiger partial charge in [-0.15, -0.1) is 0 Å². The van der Waals surface area contributed by atoms with Crippen molar-refractivity contribution < 1.29 is 9.59 Å². The molecule has 0 fully saturated rings. The highest BCUT2D eigenvalue weighted by atomic mass is 32.2. The Bertz CT molecular complexity index is 465. The maximum absolute atomic E-state index is 11.6. The molecule has 0 bridgehead atoms. The molecule has 0 spiro atoms. The Morgan fingerprint density at radius 2 is 2.28 bits per heavy atom. The number of nitrogens with one attached hydrogen (secondary N) is 1. The summed E-state index contributed by atoms with van der Waals surface area (Å²) in [5.41, 5.74) is -0.870. The lowest BCUT2D eigenvalue weighted by Crippen LogP contribution is -2.29. The number of carbonyl (C=O) groups excluding carboxylic acids is 2. The number of carbonyl (C=O) groups is 2. The fourth-order valence-electron chi connectivity index (χ4n) is 1.03. The number of amides is 1. The first-order chi connectivity index (χ1) is 8.65. The summed E-state index contributed by atoms with van der Waals surface area (Å²) in [5, 5.41) is 19.9. The molecule has 1 N–H and O–H groups in total. The van der Waals surface area contributed by atoms with Crippen LogP contribution in [0.2, 0.25) is 0 Å². The molecule has 1 unspecified atom stereocenters. The minimum Gasteiger partial charge on any atom is -0.351 e. The fraction of sp³-hybridized carbons (Fsp3) is 0.364. The summed E-state index contributed by atoms with van der Waals surface area (Å²) in [6.45, 7) is 7.08. The largest absolute Gasteiger partial charge is 0.351 e. The number of rotatable bonds is 6. The molecule has 0 aromatic rings. The molecular weight excluding hydrogens is 252 g/mol. The molecular formula is C11H10N4O2S. The van der Waals surface area contributed by atoms with Crippen LogP contribution >= 0.6 is 11.8 Å². The molecule has 0 aromatic heterocycles. The third-order valence-electron chi connectivity index (χ3n) is 1.89. The standard InChI is InChI=1S/C11H10N4O2S/c1-14-10(6-13)8(5-12)9(7-16)11(17)15-3-4-18-2/h7,10H,3-4H2,2H3,(H,15,17). The van der Waals surface area contributed by atoms with Crippen LogP contribution in [0, 0.1) is 29.2 Å². The summed E-state index contributed by atoms with van der Waals surface area (Å²) < 4.78 is 0. The van der Waals surface area contributed by atoms with Gasteiger partial charge in [0.05, 0.1) is 0 Å². The van der Waals surface area contributed by atoms with Gasteiger partial charge in [-0.3, -0.25) is 14.4 Å². The Morgan fingerprint density at radius 3 is 2.67 bits per heavy atom. The maximum atomic E-state index is 11.6. The number of thioether (sulfide) groups is 1. The number of hydrogen-bond donors (Lipinski definition) is 1. The normalized spacial score (nSPS) is 12.1. The molecule has 92 valence electrons. The molecule has 0 saturated heterocycles. The second-order valence-corrected chi connectivity index (χ2v) is 3.95. The molecule has 0 rings (SSSR count). The lowest BCUT2D eigenvalue weighted by molar-refractivity contribution is -0.119. The Hall–Kier alpha value is -2.30. The van der Waals surface area contributed by atoms with Crippen molar-refractivity contribution in [2.45, 2.75) is 6.04 Å². The number of nitrogens with zero attached hydrogens (tertiary/aromatic N) is 3. The van der Waals surface area contributed by atoms with Crippen LogP contribution in [0.25, 0.3) is 4.85 Å². The van der Waals surface area contributed by atoms with Gasteiger partial charge in [0.15, 0.2) is 12.4 Å². The highest BCUT2D eigenvalue weighted by Crippen LogP contribution is 2.10. The van der Waals surface area contributed by atoms with Crippen molar-refractivity contribution in [1.82, 2.24) is 5.32 Å². The van der Waals surface area contributed by atoms with Crippen molar-refractivity contribution in [1.29, 1.82) is 10.5 Å². The van der Waals surface area contributed by atoms with E-state index < -0.39 is 23.1 Å². The van der Waals surface area contributed by atoms with E-state index >= 15 is 0 Å². The predicted molar refractivity (Wildman–Crippen MR) is 66.1 cm³/mol. The monoisotopic (exact) mass is 262 g/mol. The van der Waals surface area contributed by atoms with Crippen LogP contribution in [0.1, 0.15) is 0 Å². The smallest absolute Gasteiger partial charge is 0.342 e. The Kier molecular flexibility index (Phi) is 7.68. The van der Waals surface area contributed by atoms with Crippen molar-refractivity contribution in [2.24, 2.45) is 0 Å². The molecule has 0 aliphatic heterocycles. The van der Waals surface area contributed by atoms with Crippen LogP contribution in [0.4, 0.5) is 0 Å². The molecule has 18 heavy (non-hydrogen) atoms. The number of hydrogen-bond acceptors (Lipinski definition) is 5. The Labute approximate surface area is 109 Å². The van der Waals surface area contributed by atoms with Gasteiger partial charge in [0.2, 0.25) is 0 Å². The molecule has 0 heterocycles. The third kappa shape index (κ3) is 4.29. The summed E-state index contributed by atoms with van der Waals surface area (Å²) in [6.07, 6.45) is 2.05. The molecule has 0 saturated carbocycles. The van der Waals surface area contributed by atoms with Gasteiger partial charge in [-0.1, -0.05) is 0 Å². The summed E-state index contributed by atoms with van der Waals surface area (Å²) in [7, 11) is 0. The molecule has 0 aliphatic rings. The van der Waals surface area contributed by atoms with E-state index in [0.29, 0.717) is 12.3 Å². The van der Waals surface area contributed by atoms with Crippen LogP contribution in [-0.2, 0) is 9.59 Å². The average molecular weight is 262 g/mol. The van der Waals surface area contributed by atoms with Gasteiger partial charge in [0.1, 0.15) is 17.2 Å². The summed E-state index contributed by atoms with van der Waals surface area (Å²) in [4.78, 5) is 25.3. The minimum atomic E-state index is -1.43. The number of aldehydes is 1. The molecule has 1 amide bonds. The van der Waals surface area contributed by atoms with Crippen molar-refractivity contribution in [3.8, 4) is 12.1 Å². The third-order valence-corrected chi connectivity index (χ3v) is 2.50. The van der Waals surface area contributed by atoms with Gasteiger partial charge in [-0.25, -0.2) is 6.57 Å². The lowest BCUT2D eigenvalue weighted by atomic mass is 10.0. The van der Waals surface area contributed by atoms with E-state index in [4.69, 9.17) is 17.1 Å². The van der Waals surface area contributed by atoms with Gasteiger partial charge >= 0.3 is 6.04 Å². The van der Waals surface area contributed by atoms with Gasteiger partial charge < -0.3 is 5.32 Å². The Morgan fingerprint density at radius 1 is 1.61 bits per heavy atom. The van der Waals surface area contributed by atoms with E-state index in [1.54, 1.807) is 12.1 Å². The number of nitriles is 2. The van der Waals surface area contributed by atoms with E-state index in [0.717, 1.165) is 0 Å². The van der Waals surface area contributed by atoms with E-state index in [1.807, 2.05) is 6.26 Å². The minimum absolute atomic E-state index is 0.197. The van der Waals surface area contributed by atoms with E-state index in [-0.39, 0.29) is 6.29 Å². The average Bonchev–Trinajstić information content (AvgIpc) is 2.39. The van der Waals surface area contributed by atoms with Crippen LogP contribution in [0.15, 0.2) is 11.1 Å². The van der Waals surface area contributed by atoms with Crippen LogP contribution in [0.3, 0.4) is 0 Å². The topological polar surface area (TPSA) is 98.1 Å². The maximum Gasteiger partial charge on any atom is 0.342 e. The van der Waals surface area contributed by atoms with Crippen LogP contribution in [-0.4, -0.2) is 36.8 Å². The molecule has 0 aliphatic carbocycles. The highest BCUT2D eigenvalue weighted by Gasteiger charge is 2.26. The first-order valence-electron chi connectivity index (χ1n) is 4.79. The van der Waals surface area contributed by atoms with Crippen molar-refractivity contribution in [3.05, 3.63) is 22.6 Å². The van der Waals surface area contributed by atoms with Crippen molar-refractivity contribution >= 4 is 24.0 Å². The first-order valence-corrected chi connectivity index (χ1v) is 6.18. The van der Waals surface area contributed by atoms with Crippen LogP contribution < -0.4 is 5.32 Å². The molecule has 1 atom stereocenters. The highest BCUT2D eigenvalue weighted by molar-refractivity contribution is 7.98. The second-order valence-electron chi connectivity index (χ2n) is 2.97. The zero-order valence-corrected chi connectivity index (χ0v) is 10.5. The van der Waals surface area contributed by atoms with Crippen LogP contribution in [0.5, 0.6) is 0 Å². The zero-order valence-electron chi connectivity index (χ0n) is 9.64.